The first-order valence-electron chi connectivity index (χ1n) is 6.77. The molecule has 1 aliphatic carbocycles. The van der Waals surface area contributed by atoms with Crippen molar-refractivity contribution in [2.45, 2.75) is 43.4 Å². The minimum atomic E-state index is -0.795. The van der Waals surface area contributed by atoms with Crippen LogP contribution in [-0.4, -0.2) is 11.1 Å². The molecule has 0 radical (unpaired) electrons. The number of hydrogen-bond donors (Lipinski definition) is 1. The highest BCUT2D eigenvalue weighted by Gasteiger charge is 2.14. The molecule has 2 rings (SSSR count). The smallest absolute Gasteiger partial charge is 0.303 e. The number of halogens is 1. The lowest BCUT2D eigenvalue weighted by molar-refractivity contribution is -0.137. The van der Waals surface area contributed by atoms with Crippen LogP contribution in [0.2, 0.25) is 0 Å². The third-order valence-electron chi connectivity index (χ3n) is 3.65. The van der Waals surface area contributed by atoms with Gasteiger partial charge in [0.1, 0.15) is 0 Å². The summed E-state index contributed by atoms with van der Waals surface area (Å²) in [4.78, 5) is 10.5. The highest BCUT2D eigenvalue weighted by molar-refractivity contribution is 6.20. The van der Waals surface area contributed by atoms with Gasteiger partial charge in [-0.3, -0.25) is 4.79 Å². The van der Waals surface area contributed by atoms with Crippen LogP contribution in [0.25, 0.3) is 0 Å². The lowest BCUT2D eigenvalue weighted by Crippen LogP contribution is -2.02. The van der Waals surface area contributed by atoms with Gasteiger partial charge in [-0.05, 0) is 42.7 Å². The van der Waals surface area contributed by atoms with Gasteiger partial charge in [0.2, 0.25) is 0 Å². The molecule has 0 heterocycles. The van der Waals surface area contributed by atoms with Crippen LogP contribution < -0.4 is 0 Å². The second-order valence-corrected chi connectivity index (χ2v) is 5.57. The molecule has 0 aliphatic heterocycles. The number of benzene rings is 1. The minimum Gasteiger partial charge on any atom is -0.481 e. The summed E-state index contributed by atoms with van der Waals surface area (Å²) in [5, 5.41) is 8.45. The van der Waals surface area contributed by atoms with Gasteiger partial charge in [0, 0.05) is 6.42 Å². The van der Waals surface area contributed by atoms with Crippen molar-refractivity contribution in [3.05, 3.63) is 47.5 Å². The van der Waals surface area contributed by atoms with E-state index in [0.29, 0.717) is 12.3 Å². The molecule has 1 aliphatic rings. The molecular formula is C16H19ClO2. The van der Waals surface area contributed by atoms with Crippen LogP contribution in [0, 0.1) is 0 Å². The third-order valence-corrected chi connectivity index (χ3v) is 4.12. The molecule has 3 heteroatoms. The van der Waals surface area contributed by atoms with Crippen LogP contribution in [0.4, 0.5) is 0 Å². The fraction of sp³-hybridized carbons (Fsp3) is 0.438. The second kappa shape index (κ2) is 6.76. The lowest BCUT2D eigenvalue weighted by Gasteiger charge is -2.19. The van der Waals surface area contributed by atoms with Crippen LogP contribution >= 0.6 is 11.6 Å². The predicted octanol–water partition coefficient (Wildman–Crippen LogP) is 4.66. The fourth-order valence-electron chi connectivity index (χ4n) is 2.49. The minimum absolute atomic E-state index is 0.114. The summed E-state index contributed by atoms with van der Waals surface area (Å²) in [6, 6.07) is 8.34. The van der Waals surface area contributed by atoms with Gasteiger partial charge in [-0.15, -0.1) is 11.6 Å². The van der Waals surface area contributed by atoms with Crippen LogP contribution in [0.15, 0.2) is 36.4 Å². The maximum atomic E-state index is 10.5. The summed E-state index contributed by atoms with van der Waals surface area (Å²) >= 11 is 6.21. The van der Waals surface area contributed by atoms with Gasteiger partial charge < -0.3 is 5.11 Å². The Kier molecular flexibility index (Phi) is 5.03. The molecular weight excluding hydrogens is 260 g/mol. The summed E-state index contributed by atoms with van der Waals surface area (Å²) in [6.07, 6.45) is 8.56. The number of carbonyl (C=O) groups is 1. The van der Waals surface area contributed by atoms with Crippen molar-refractivity contribution in [1.29, 1.82) is 0 Å². The first-order valence-corrected chi connectivity index (χ1v) is 7.21. The van der Waals surface area contributed by atoms with E-state index in [4.69, 9.17) is 16.7 Å². The van der Waals surface area contributed by atoms with Crippen molar-refractivity contribution >= 4 is 17.6 Å². The Morgan fingerprint density at radius 1 is 1.32 bits per heavy atom. The molecule has 1 aromatic carbocycles. The Bertz CT molecular complexity index is 450. The average Bonchev–Trinajstić information content (AvgIpc) is 2.46. The van der Waals surface area contributed by atoms with Gasteiger partial charge in [0.05, 0.1) is 5.38 Å². The number of allylic oxidation sites excluding steroid dienone is 2. The van der Waals surface area contributed by atoms with Crippen molar-refractivity contribution < 1.29 is 9.90 Å². The van der Waals surface area contributed by atoms with Crippen LogP contribution in [-0.2, 0) is 4.79 Å². The third kappa shape index (κ3) is 4.10. The molecule has 0 fully saturated rings. The van der Waals surface area contributed by atoms with E-state index in [1.54, 1.807) is 0 Å². The molecule has 1 N–H and O–H groups in total. The SMILES string of the molecule is O=C(O)CCC(Cl)c1ccc(C2CC=CCC2)cc1. The molecule has 0 bridgehead atoms. The summed E-state index contributed by atoms with van der Waals surface area (Å²) in [5.41, 5.74) is 2.37. The van der Waals surface area contributed by atoms with Gasteiger partial charge >= 0.3 is 5.97 Å². The summed E-state index contributed by atoms with van der Waals surface area (Å²) in [6.45, 7) is 0. The summed E-state index contributed by atoms with van der Waals surface area (Å²) in [5.74, 6) is -0.178. The van der Waals surface area contributed by atoms with Gasteiger partial charge in [-0.25, -0.2) is 0 Å². The first-order chi connectivity index (χ1) is 9.16. The Morgan fingerprint density at radius 3 is 2.63 bits per heavy atom. The zero-order valence-corrected chi connectivity index (χ0v) is 11.6. The van der Waals surface area contributed by atoms with E-state index < -0.39 is 5.97 Å². The van der Waals surface area contributed by atoms with E-state index in [-0.39, 0.29) is 11.8 Å². The zero-order chi connectivity index (χ0) is 13.7. The maximum absolute atomic E-state index is 10.5. The highest BCUT2D eigenvalue weighted by atomic mass is 35.5. The molecule has 0 amide bonds. The van der Waals surface area contributed by atoms with Crippen LogP contribution in [0.1, 0.15) is 54.5 Å². The van der Waals surface area contributed by atoms with Crippen molar-refractivity contribution in [3.63, 3.8) is 0 Å². The van der Waals surface area contributed by atoms with Gasteiger partial charge in [-0.2, -0.15) is 0 Å². The largest absolute Gasteiger partial charge is 0.481 e. The molecule has 0 aromatic heterocycles. The Balaban J connectivity index is 1.97. The molecule has 2 nitrogen and oxygen atoms in total. The summed E-state index contributed by atoms with van der Waals surface area (Å²) < 4.78 is 0. The number of rotatable bonds is 5. The lowest BCUT2D eigenvalue weighted by atomic mass is 9.87. The molecule has 0 saturated heterocycles. The number of alkyl halides is 1. The van der Waals surface area contributed by atoms with Gasteiger partial charge in [-0.1, -0.05) is 36.4 Å². The molecule has 2 atom stereocenters. The number of carboxylic acid groups (broad SMARTS) is 1. The predicted molar refractivity (Wildman–Crippen MR) is 77.6 cm³/mol. The van der Waals surface area contributed by atoms with Crippen molar-refractivity contribution in [3.8, 4) is 0 Å². The first kappa shape index (κ1) is 14.1. The Labute approximate surface area is 119 Å². The quantitative estimate of drug-likeness (QED) is 0.628. The van der Waals surface area contributed by atoms with E-state index >= 15 is 0 Å². The molecule has 0 spiro atoms. The number of hydrogen-bond acceptors (Lipinski definition) is 1. The van der Waals surface area contributed by atoms with Gasteiger partial charge in [0.15, 0.2) is 0 Å². The van der Waals surface area contributed by atoms with Crippen LogP contribution in [0.5, 0.6) is 0 Å². The normalized spacial score (nSPS) is 20.2. The summed E-state index contributed by atoms with van der Waals surface area (Å²) in [7, 11) is 0. The Morgan fingerprint density at radius 2 is 2.05 bits per heavy atom. The molecule has 2 unspecified atom stereocenters. The zero-order valence-electron chi connectivity index (χ0n) is 10.9. The highest BCUT2D eigenvalue weighted by Crippen LogP contribution is 2.31. The molecule has 0 saturated carbocycles. The molecule has 102 valence electrons. The molecule has 1 aromatic rings. The monoisotopic (exact) mass is 278 g/mol. The molecule has 19 heavy (non-hydrogen) atoms. The number of aliphatic carboxylic acids is 1. The van der Waals surface area contributed by atoms with E-state index in [1.807, 2.05) is 12.1 Å². The standard InChI is InChI=1S/C16H19ClO2/c17-15(10-11-16(18)19)14-8-6-13(7-9-14)12-4-2-1-3-5-12/h1-2,6-9,12,15H,3-5,10-11H2,(H,18,19). The van der Waals surface area contributed by atoms with Crippen molar-refractivity contribution in [2.75, 3.05) is 0 Å². The maximum Gasteiger partial charge on any atom is 0.303 e. The van der Waals surface area contributed by atoms with E-state index in [0.717, 1.165) is 18.4 Å². The van der Waals surface area contributed by atoms with Crippen molar-refractivity contribution in [2.24, 2.45) is 0 Å². The van der Waals surface area contributed by atoms with E-state index in [1.165, 1.54) is 12.0 Å². The van der Waals surface area contributed by atoms with Gasteiger partial charge in [0.25, 0.3) is 0 Å². The van der Waals surface area contributed by atoms with E-state index in [9.17, 15) is 4.79 Å². The topological polar surface area (TPSA) is 37.3 Å². The fourth-order valence-corrected chi connectivity index (χ4v) is 2.74. The average molecular weight is 279 g/mol. The Hall–Kier alpha value is -1.28. The van der Waals surface area contributed by atoms with Crippen LogP contribution in [0.3, 0.4) is 0 Å². The number of carboxylic acids is 1. The van der Waals surface area contributed by atoms with E-state index in [2.05, 4.69) is 24.3 Å². The van der Waals surface area contributed by atoms with Crippen molar-refractivity contribution in [1.82, 2.24) is 0 Å². The second-order valence-electron chi connectivity index (χ2n) is 5.05.